The van der Waals surface area contributed by atoms with Gasteiger partial charge >= 0.3 is 0 Å². The normalized spacial score (nSPS) is 11.9. The van der Waals surface area contributed by atoms with Crippen LogP contribution >= 0.6 is 11.8 Å². The fourth-order valence-electron chi connectivity index (χ4n) is 1.43. The average molecular weight is 276 g/mol. The molecule has 0 bridgehead atoms. The summed E-state index contributed by atoms with van der Waals surface area (Å²) in [4.78, 5) is 16.1. The zero-order valence-electron chi connectivity index (χ0n) is 10.3. The van der Waals surface area contributed by atoms with E-state index in [1.165, 1.54) is 36.0 Å². The molecule has 2 aromatic rings. The van der Waals surface area contributed by atoms with E-state index in [0.29, 0.717) is 5.69 Å². The smallest absolute Gasteiger partial charge is 0.237 e. The predicted molar refractivity (Wildman–Crippen MR) is 74.6 cm³/mol. The van der Waals surface area contributed by atoms with Gasteiger partial charge in [0.05, 0.1) is 10.3 Å². The highest BCUT2D eigenvalue weighted by Crippen LogP contribution is 2.21. The summed E-state index contributed by atoms with van der Waals surface area (Å²) in [6.45, 7) is 1.80. The number of benzene rings is 1. The predicted octanol–water partition coefficient (Wildman–Crippen LogP) is 3.34. The number of rotatable bonds is 4. The second kappa shape index (κ2) is 6.33. The lowest BCUT2D eigenvalue weighted by atomic mass is 10.3. The van der Waals surface area contributed by atoms with Crippen LogP contribution in [0.25, 0.3) is 0 Å². The number of anilines is 1. The van der Waals surface area contributed by atoms with Gasteiger partial charge in [0.1, 0.15) is 5.82 Å². The molecule has 0 saturated carbocycles. The number of nitrogens with one attached hydrogen (secondary N) is 1. The van der Waals surface area contributed by atoms with Gasteiger partial charge in [-0.1, -0.05) is 17.8 Å². The number of amides is 1. The molecule has 0 radical (unpaired) electrons. The third kappa shape index (κ3) is 4.06. The number of carbonyl (C=O) groups excluding carboxylic acids is 1. The zero-order chi connectivity index (χ0) is 13.7. The van der Waals surface area contributed by atoms with Gasteiger partial charge in [0.25, 0.3) is 0 Å². The molecule has 1 N–H and O–H groups in total. The molecule has 3 nitrogen and oxygen atoms in total. The Labute approximate surface area is 115 Å². The first-order valence-corrected chi connectivity index (χ1v) is 6.67. The minimum Gasteiger partial charge on any atom is -0.325 e. The van der Waals surface area contributed by atoms with Crippen molar-refractivity contribution in [1.29, 1.82) is 0 Å². The van der Waals surface area contributed by atoms with E-state index < -0.39 is 0 Å². The molecule has 1 atom stereocenters. The van der Waals surface area contributed by atoms with Crippen molar-refractivity contribution in [3.8, 4) is 0 Å². The summed E-state index contributed by atoms with van der Waals surface area (Å²) in [6.07, 6.45) is 1.69. The van der Waals surface area contributed by atoms with Crippen LogP contribution in [0.3, 0.4) is 0 Å². The van der Waals surface area contributed by atoms with Gasteiger partial charge in [-0.3, -0.25) is 4.79 Å². The molecule has 98 valence electrons. The molecule has 2 rings (SSSR count). The summed E-state index contributed by atoms with van der Waals surface area (Å²) in [7, 11) is 0. The Morgan fingerprint density at radius 3 is 2.63 bits per heavy atom. The Balaban J connectivity index is 1.94. The first-order valence-electron chi connectivity index (χ1n) is 5.79. The van der Waals surface area contributed by atoms with Crippen molar-refractivity contribution in [2.24, 2.45) is 0 Å². The number of hydrogen-bond acceptors (Lipinski definition) is 3. The Kier molecular flexibility index (Phi) is 4.52. The van der Waals surface area contributed by atoms with E-state index in [9.17, 15) is 9.18 Å². The van der Waals surface area contributed by atoms with Crippen LogP contribution in [0.1, 0.15) is 6.92 Å². The molecule has 1 aromatic carbocycles. The molecule has 19 heavy (non-hydrogen) atoms. The van der Waals surface area contributed by atoms with Gasteiger partial charge in [0, 0.05) is 11.9 Å². The summed E-state index contributed by atoms with van der Waals surface area (Å²) in [5.41, 5.74) is 0.583. The molecule has 0 aliphatic heterocycles. The average Bonchev–Trinajstić information content (AvgIpc) is 2.42. The van der Waals surface area contributed by atoms with Crippen LogP contribution in [0.5, 0.6) is 0 Å². The highest BCUT2D eigenvalue weighted by Gasteiger charge is 2.14. The van der Waals surface area contributed by atoms with Crippen LogP contribution < -0.4 is 5.32 Å². The number of pyridine rings is 1. The van der Waals surface area contributed by atoms with E-state index in [1.54, 1.807) is 13.1 Å². The number of carbonyl (C=O) groups is 1. The SMILES string of the molecule is CC(Sc1ccccn1)C(=O)Nc1ccc(F)cc1. The number of aromatic nitrogens is 1. The van der Waals surface area contributed by atoms with E-state index in [1.807, 2.05) is 18.2 Å². The summed E-state index contributed by atoms with van der Waals surface area (Å²) in [6, 6.07) is 11.2. The molecule has 1 amide bonds. The Morgan fingerprint density at radius 2 is 2.00 bits per heavy atom. The van der Waals surface area contributed by atoms with Crippen LogP contribution in [-0.4, -0.2) is 16.1 Å². The second-order valence-corrected chi connectivity index (χ2v) is 5.29. The number of thioether (sulfide) groups is 1. The Morgan fingerprint density at radius 1 is 1.26 bits per heavy atom. The van der Waals surface area contributed by atoms with Gasteiger partial charge in [-0.25, -0.2) is 9.37 Å². The standard InChI is InChI=1S/C14H13FN2OS/c1-10(19-13-4-2-3-9-16-13)14(18)17-12-7-5-11(15)6-8-12/h2-10H,1H3,(H,17,18). The molecule has 1 unspecified atom stereocenters. The number of hydrogen-bond donors (Lipinski definition) is 1. The summed E-state index contributed by atoms with van der Waals surface area (Å²) >= 11 is 1.38. The Bertz CT molecular complexity index is 545. The Hall–Kier alpha value is -1.88. The lowest BCUT2D eigenvalue weighted by Crippen LogP contribution is -2.22. The van der Waals surface area contributed by atoms with Crippen molar-refractivity contribution in [2.75, 3.05) is 5.32 Å². The first kappa shape index (κ1) is 13.5. The van der Waals surface area contributed by atoms with Crippen LogP contribution in [0, 0.1) is 5.82 Å². The molecular weight excluding hydrogens is 263 g/mol. The van der Waals surface area contributed by atoms with E-state index >= 15 is 0 Å². The number of nitrogens with zero attached hydrogens (tertiary/aromatic N) is 1. The zero-order valence-corrected chi connectivity index (χ0v) is 11.2. The maximum Gasteiger partial charge on any atom is 0.237 e. The van der Waals surface area contributed by atoms with Crippen LogP contribution in [-0.2, 0) is 4.79 Å². The van der Waals surface area contributed by atoms with Gasteiger partial charge in [-0.05, 0) is 43.3 Å². The van der Waals surface area contributed by atoms with Gasteiger partial charge < -0.3 is 5.32 Å². The van der Waals surface area contributed by atoms with Crippen LogP contribution in [0.4, 0.5) is 10.1 Å². The topological polar surface area (TPSA) is 42.0 Å². The summed E-state index contributed by atoms with van der Waals surface area (Å²) in [5.74, 6) is -0.462. The molecular formula is C14H13FN2OS. The molecule has 1 aromatic heterocycles. The van der Waals surface area contributed by atoms with Crippen molar-refractivity contribution in [3.05, 3.63) is 54.5 Å². The maximum absolute atomic E-state index is 12.7. The van der Waals surface area contributed by atoms with E-state index in [2.05, 4.69) is 10.3 Å². The lowest BCUT2D eigenvalue weighted by Gasteiger charge is -2.11. The monoisotopic (exact) mass is 276 g/mol. The van der Waals surface area contributed by atoms with Crippen LogP contribution in [0.15, 0.2) is 53.7 Å². The van der Waals surface area contributed by atoms with Gasteiger partial charge in [-0.15, -0.1) is 0 Å². The van der Waals surface area contributed by atoms with Crippen molar-refractivity contribution in [3.63, 3.8) is 0 Å². The van der Waals surface area contributed by atoms with E-state index in [-0.39, 0.29) is 17.0 Å². The quantitative estimate of drug-likeness (QED) is 0.871. The molecule has 0 aliphatic carbocycles. The third-order valence-corrected chi connectivity index (χ3v) is 3.47. The molecule has 0 aliphatic rings. The second-order valence-electron chi connectivity index (χ2n) is 3.92. The van der Waals surface area contributed by atoms with Crippen molar-refractivity contribution in [2.45, 2.75) is 17.2 Å². The molecule has 0 fully saturated rings. The minimum atomic E-state index is -0.325. The highest BCUT2D eigenvalue weighted by atomic mass is 32.2. The molecule has 5 heteroatoms. The minimum absolute atomic E-state index is 0.137. The summed E-state index contributed by atoms with van der Waals surface area (Å²) < 4.78 is 12.7. The van der Waals surface area contributed by atoms with E-state index in [0.717, 1.165) is 5.03 Å². The van der Waals surface area contributed by atoms with Gasteiger partial charge in [0.2, 0.25) is 5.91 Å². The molecule has 0 saturated heterocycles. The molecule has 0 spiro atoms. The van der Waals surface area contributed by atoms with Crippen molar-refractivity contribution in [1.82, 2.24) is 4.98 Å². The molecule has 1 heterocycles. The maximum atomic E-state index is 12.7. The van der Waals surface area contributed by atoms with Crippen LogP contribution in [0.2, 0.25) is 0 Å². The van der Waals surface area contributed by atoms with Crippen molar-refractivity contribution < 1.29 is 9.18 Å². The highest BCUT2D eigenvalue weighted by molar-refractivity contribution is 8.00. The van der Waals surface area contributed by atoms with Gasteiger partial charge in [-0.2, -0.15) is 0 Å². The van der Waals surface area contributed by atoms with Crippen molar-refractivity contribution >= 4 is 23.4 Å². The third-order valence-electron chi connectivity index (χ3n) is 2.42. The van der Waals surface area contributed by atoms with E-state index in [4.69, 9.17) is 0 Å². The van der Waals surface area contributed by atoms with Gasteiger partial charge in [0.15, 0.2) is 0 Å². The fraction of sp³-hybridized carbons (Fsp3) is 0.143. The summed E-state index contributed by atoms with van der Waals surface area (Å²) in [5, 5.41) is 3.25. The number of halogens is 1. The first-order chi connectivity index (χ1) is 9.15. The fourth-order valence-corrected chi connectivity index (χ4v) is 2.24. The largest absolute Gasteiger partial charge is 0.325 e. The lowest BCUT2D eigenvalue weighted by molar-refractivity contribution is -0.115.